The van der Waals surface area contributed by atoms with Gasteiger partial charge in [0, 0.05) is 0 Å². The lowest BCUT2D eigenvalue weighted by Crippen LogP contribution is -2.07. The molecule has 0 saturated carbocycles. The Hall–Kier alpha value is -5.30. The monoisotopic (exact) mass is 550 g/mol. The molecule has 0 spiro atoms. The molecule has 0 unspecified atom stereocenters. The third-order valence-electron chi connectivity index (χ3n) is 4.08. The SMILES string of the molecule is O=C(O)c1ccccc1.O=C(O)c1ccccc1.O=C(O)c1ccccc1.O=C(O)c1ccccc1.OB(O)O. The summed E-state index contributed by atoms with van der Waals surface area (Å²) in [5.74, 6) is -3.52. The first-order chi connectivity index (χ1) is 19.0. The molecule has 0 amide bonds. The standard InChI is InChI=1S/4C7H6O2.BH3O3/c4*8-7(9)6-4-2-1-3-5-6;2-1(3)4/h4*1-5H,(H,8,9);2-4H. The number of carbonyl (C=O) groups is 4. The largest absolute Gasteiger partial charge is 0.631 e. The van der Waals surface area contributed by atoms with Crippen LogP contribution >= 0.6 is 0 Å². The molecule has 4 aromatic carbocycles. The highest BCUT2D eigenvalue weighted by atomic mass is 16.5. The van der Waals surface area contributed by atoms with E-state index in [0.29, 0.717) is 22.3 Å². The second kappa shape index (κ2) is 20.7. The number of hydrogen-bond acceptors (Lipinski definition) is 7. The van der Waals surface area contributed by atoms with Crippen molar-refractivity contribution >= 4 is 31.2 Å². The molecule has 4 rings (SSSR count). The van der Waals surface area contributed by atoms with Crippen LogP contribution in [0.25, 0.3) is 0 Å². The van der Waals surface area contributed by atoms with Gasteiger partial charge in [0.05, 0.1) is 22.3 Å². The van der Waals surface area contributed by atoms with Gasteiger partial charge in [0.25, 0.3) is 0 Å². The number of hydrogen-bond donors (Lipinski definition) is 7. The van der Waals surface area contributed by atoms with E-state index in [0.717, 1.165) is 0 Å². The third-order valence-corrected chi connectivity index (χ3v) is 4.08. The van der Waals surface area contributed by atoms with E-state index < -0.39 is 31.2 Å². The van der Waals surface area contributed by atoms with Gasteiger partial charge < -0.3 is 35.5 Å². The van der Waals surface area contributed by atoms with E-state index in [9.17, 15) is 19.2 Å². The number of benzene rings is 4. The highest BCUT2D eigenvalue weighted by Gasteiger charge is 1.98. The lowest BCUT2D eigenvalue weighted by atomic mass is 10.2. The molecule has 0 aliphatic rings. The number of rotatable bonds is 4. The molecule has 0 bridgehead atoms. The van der Waals surface area contributed by atoms with E-state index >= 15 is 0 Å². The maximum Gasteiger partial charge on any atom is 0.631 e. The molecule has 0 heterocycles. The van der Waals surface area contributed by atoms with Crippen LogP contribution in [0.15, 0.2) is 121 Å². The molecule has 0 aromatic heterocycles. The van der Waals surface area contributed by atoms with Crippen molar-refractivity contribution in [1.29, 1.82) is 0 Å². The van der Waals surface area contributed by atoms with Gasteiger partial charge in [-0.3, -0.25) is 0 Å². The van der Waals surface area contributed by atoms with E-state index in [-0.39, 0.29) is 0 Å². The van der Waals surface area contributed by atoms with Crippen molar-refractivity contribution in [2.45, 2.75) is 0 Å². The Morgan fingerprint density at radius 1 is 0.350 bits per heavy atom. The first kappa shape index (κ1) is 34.7. The average molecular weight is 550 g/mol. The van der Waals surface area contributed by atoms with Crippen LogP contribution < -0.4 is 0 Å². The smallest absolute Gasteiger partial charge is 0.478 e. The van der Waals surface area contributed by atoms with Gasteiger partial charge in [-0.2, -0.15) is 0 Å². The summed E-state index contributed by atoms with van der Waals surface area (Å²) in [4.78, 5) is 40.8. The fourth-order valence-electron chi connectivity index (χ4n) is 2.32. The normalized spacial score (nSPS) is 8.68. The van der Waals surface area contributed by atoms with Crippen LogP contribution in [-0.4, -0.2) is 66.7 Å². The Morgan fingerprint density at radius 2 is 0.475 bits per heavy atom. The van der Waals surface area contributed by atoms with Crippen molar-refractivity contribution in [1.82, 2.24) is 0 Å². The number of aromatic carboxylic acids is 4. The Kier molecular flexibility index (Phi) is 18.0. The summed E-state index contributed by atoms with van der Waals surface area (Å²) in [5.41, 5.74) is 1.32. The van der Waals surface area contributed by atoms with E-state index in [2.05, 4.69) is 0 Å². The van der Waals surface area contributed by atoms with Crippen molar-refractivity contribution in [3.05, 3.63) is 144 Å². The molecule has 7 N–H and O–H groups in total. The van der Waals surface area contributed by atoms with Crippen molar-refractivity contribution in [3.8, 4) is 0 Å². The Bertz CT molecular complexity index is 1070. The summed E-state index contributed by atoms with van der Waals surface area (Å²) >= 11 is 0. The molecule has 40 heavy (non-hydrogen) atoms. The molecule has 0 saturated heterocycles. The minimum atomic E-state index is -2.17. The van der Waals surface area contributed by atoms with Gasteiger partial charge in [0.1, 0.15) is 0 Å². The second-order valence-corrected chi connectivity index (χ2v) is 7.03. The molecule has 208 valence electrons. The van der Waals surface area contributed by atoms with Gasteiger partial charge in [-0.25, -0.2) is 19.2 Å². The van der Waals surface area contributed by atoms with Crippen LogP contribution in [0.5, 0.6) is 0 Å². The first-order valence-corrected chi connectivity index (χ1v) is 11.1. The molecular formula is C28H27BO11. The summed E-state index contributed by atoms with van der Waals surface area (Å²) in [5, 5.41) is 55.0. The molecule has 0 radical (unpaired) electrons. The second-order valence-electron chi connectivity index (χ2n) is 7.03. The van der Waals surface area contributed by atoms with E-state index in [1.165, 1.54) is 0 Å². The van der Waals surface area contributed by atoms with Crippen LogP contribution in [0.3, 0.4) is 0 Å². The van der Waals surface area contributed by atoms with Crippen molar-refractivity contribution < 1.29 is 54.7 Å². The fourth-order valence-corrected chi connectivity index (χ4v) is 2.32. The maximum atomic E-state index is 10.2. The average Bonchev–Trinajstić information content (AvgIpc) is 2.95. The van der Waals surface area contributed by atoms with Crippen LogP contribution in [0.2, 0.25) is 0 Å². The highest BCUT2D eigenvalue weighted by Crippen LogP contribution is 1.98. The lowest BCUT2D eigenvalue weighted by molar-refractivity contribution is 0.0686. The minimum absolute atomic E-state index is 0.331. The van der Waals surface area contributed by atoms with Crippen LogP contribution in [0.1, 0.15) is 41.4 Å². The van der Waals surface area contributed by atoms with Gasteiger partial charge >= 0.3 is 31.2 Å². The highest BCUT2D eigenvalue weighted by molar-refractivity contribution is 6.30. The first-order valence-electron chi connectivity index (χ1n) is 11.1. The molecule has 0 aliphatic carbocycles. The van der Waals surface area contributed by atoms with Crippen LogP contribution in [0.4, 0.5) is 0 Å². The molecule has 11 nitrogen and oxygen atoms in total. The Labute approximate surface area is 229 Å². The molecule has 0 atom stereocenters. The lowest BCUT2D eigenvalue weighted by Gasteiger charge is -1.88. The third kappa shape index (κ3) is 18.0. The zero-order valence-electron chi connectivity index (χ0n) is 20.9. The quantitative estimate of drug-likeness (QED) is 0.183. The summed E-state index contributed by atoms with van der Waals surface area (Å²) in [6.07, 6.45) is 0. The summed E-state index contributed by atoms with van der Waals surface area (Å²) in [6, 6.07) is 33.2. The van der Waals surface area contributed by atoms with E-state index in [1.807, 2.05) is 0 Å². The van der Waals surface area contributed by atoms with Crippen molar-refractivity contribution in [2.75, 3.05) is 0 Å². The van der Waals surface area contributed by atoms with Crippen LogP contribution in [0, 0.1) is 0 Å². The summed E-state index contributed by atoms with van der Waals surface area (Å²) < 4.78 is 0. The van der Waals surface area contributed by atoms with Gasteiger partial charge in [0.2, 0.25) is 0 Å². The topological polar surface area (TPSA) is 210 Å². The zero-order chi connectivity index (χ0) is 30.3. The maximum absolute atomic E-state index is 10.2. The van der Waals surface area contributed by atoms with Crippen molar-refractivity contribution in [2.24, 2.45) is 0 Å². The van der Waals surface area contributed by atoms with Gasteiger partial charge in [-0.05, 0) is 48.5 Å². The Morgan fingerprint density at radius 3 is 0.550 bits per heavy atom. The van der Waals surface area contributed by atoms with Gasteiger partial charge in [-0.15, -0.1) is 0 Å². The van der Waals surface area contributed by atoms with Gasteiger partial charge in [-0.1, -0.05) is 72.8 Å². The summed E-state index contributed by atoms with van der Waals surface area (Å²) in [7, 11) is -2.17. The number of carboxylic acids is 4. The van der Waals surface area contributed by atoms with E-state index in [1.54, 1.807) is 121 Å². The minimum Gasteiger partial charge on any atom is -0.478 e. The predicted molar refractivity (Wildman–Crippen MR) is 146 cm³/mol. The van der Waals surface area contributed by atoms with Gasteiger partial charge in [0.15, 0.2) is 0 Å². The molecule has 12 heteroatoms. The molecule has 4 aromatic rings. The molecule has 0 fully saturated rings. The predicted octanol–water partition coefficient (Wildman–Crippen LogP) is 3.49. The summed E-state index contributed by atoms with van der Waals surface area (Å²) in [6.45, 7) is 0. The zero-order valence-corrected chi connectivity index (χ0v) is 20.9. The fraction of sp³-hybridized carbons (Fsp3) is 0. The van der Waals surface area contributed by atoms with Crippen LogP contribution in [-0.2, 0) is 0 Å². The van der Waals surface area contributed by atoms with Crippen molar-refractivity contribution in [3.63, 3.8) is 0 Å². The number of carboxylic acid groups (broad SMARTS) is 4. The Balaban J connectivity index is 0.000000485. The molecule has 0 aliphatic heterocycles. The molecular weight excluding hydrogens is 523 g/mol. The van der Waals surface area contributed by atoms with E-state index in [4.69, 9.17) is 35.5 Å².